The lowest BCUT2D eigenvalue weighted by Crippen LogP contribution is -2.58. The van der Waals surface area contributed by atoms with E-state index in [1.165, 1.54) is 17.0 Å². The molecule has 316 valence electrons. The maximum atomic E-state index is 14.7. The summed E-state index contributed by atoms with van der Waals surface area (Å²) in [4.78, 5) is 62.7. The van der Waals surface area contributed by atoms with E-state index < -0.39 is 74.5 Å². The maximum absolute atomic E-state index is 14.7. The quantitative estimate of drug-likeness (QED) is 0.202. The van der Waals surface area contributed by atoms with Crippen molar-refractivity contribution in [3.05, 3.63) is 72.6 Å². The van der Waals surface area contributed by atoms with Gasteiger partial charge in [0.25, 0.3) is 5.91 Å². The normalized spacial score (nSPS) is 26.4. The molecule has 2 aliphatic heterocycles. The number of nitrogens with zero attached hydrogens (tertiary/aromatic N) is 4. The number of hydrogen-bond donors (Lipinski definition) is 3. The molecule has 9 rings (SSSR count). The molecule has 4 heterocycles. The van der Waals surface area contributed by atoms with Gasteiger partial charge < -0.3 is 25.0 Å². The minimum Gasteiger partial charge on any atom is -0.472 e. The molecule has 0 radical (unpaired) electrons. The Hall–Kier alpha value is -5.58. The molecule has 0 spiro atoms. The van der Waals surface area contributed by atoms with Crippen molar-refractivity contribution in [3.8, 4) is 17.1 Å². The fourth-order valence-electron chi connectivity index (χ4n) is 8.81. The Morgan fingerprint density at radius 2 is 1.70 bits per heavy atom. The Balaban J connectivity index is 1.05. The van der Waals surface area contributed by atoms with Gasteiger partial charge in [-0.1, -0.05) is 37.1 Å². The van der Waals surface area contributed by atoms with Crippen LogP contribution in [0.2, 0.25) is 0 Å². The van der Waals surface area contributed by atoms with Gasteiger partial charge in [0.05, 0.1) is 23.0 Å². The first-order valence-corrected chi connectivity index (χ1v) is 22.6. The third-order valence-corrected chi connectivity index (χ3v) is 14.2. The van der Waals surface area contributed by atoms with Crippen molar-refractivity contribution in [1.82, 2.24) is 34.9 Å². The van der Waals surface area contributed by atoms with Crippen LogP contribution in [0.4, 0.5) is 9.18 Å². The smallest absolute Gasteiger partial charge is 0.408 e. The molecular formula is C43H48FN7O8S. The van der Waals surface area contributed by atoms with E-state index in [1.54, 1.807) is 22.7 Å². The Labute approximate surface area is 346 Å². The third-order valence-electron chi connectivity index (χ3n) is 12.4. The van der Waals surface area contributed by atoms with Crippen LogP contribution in [0.1, 0.15) is 83.5 Å². The number of ether oxygens (including phenoxy) is 2. The largest absolute Gasteiger partial charge is 0.472 e. The summed E-state index contributed by atoms with van der Waals surface area (Å²) in [5, 5.41) is 10.6. The number of alkyl carbamates (subject to hydrolysis) is 1. The SMILES string of the molecule is O=C(N[C@H]1CCCCCC=C[C@@H]2C[C@@]2(C(=O)NS(=O)(=O)C2CC2)NC(=O)[C@@H]2C[C@@H](Oc3cc(-c4ccc(F)cc4)nc4c5ccccc5nn34)CN2C1=O)OC1CCCC1. The van der Waals surface area contributed by atoms with E-state index in [0.717, 1.165) is 43.9 Å². The van der Waals surface area contributed by atoms with Gasteiger partial charge in [0.15, 0.2) is 5.65 Å². The van der Waals surface area contributed by atoms with Crippen molar-refractivity contribution in [2.75, 3.05) is 6.54 Å². The predicted octanol–water partition coefficient (Wildman–Crippen LogP) is 5.08. The maximum Gasteiger partial charge on any atom is 0.408 e. The van der Waals surface area contributed by atoms with E-state index in [0.29, 0.717) is 54.5 Å². The van der Waals surface area contributed by atoms with E-state index in [9.17, 15) is 32.0 Å². The summed E-state index contributed by atoms with van der Waals surface area (Å²) in [5.41, 5.74) is 0.704. The third kappa shape index (κ3) is 8.15. The van der Waals surface area contributed by atoms with Crippen molar-refractivity contribution in [3.63, 3.8) is 0 Å². The van der Waals surface area contributed by atoms with Crippen LogP contribution in [-0.4, -0.2) is 93.4 Å². The molecule has 0 unspecified atom stereocenters. The summed E-state index contributed by atoms with van der Waals surface area (Å²) in [6.07, 6.45) is 9.73. The molecule has 5 atom stereocenters. The van der Waals surface area contributed by atoms with Gasteiger partial charge >= 0.3 is 6.09 Å². The topological polar surface area (TPSA) is 190 Å². The molecule has 3 saturated carbocycles. The van der Waals surface area contributed by atoms with E-state index in [-0.39, 0.29) is 31.4 Å². The van der Waals surface area contributed by atoms with Gasteiger partial charge in [-0.15, -0.1) is 0 Å². The number of rotatable bonds is 8. The highest BCUT2D eigenvalue weighted by Crippen LogP contribution is 2.46. The Morgan fingerprint density at radius 1 is 0.933 bits per heavy atom. The highest BCUT2D eigenvalue weighted by Gasteiger charge is 2.62. The van der Waals surface area contributed by atoms with E-state index in [1.807, 2.05) is 36.4 Å². The number of fused-ring (bicyclic) bond motifs is 5. The van der Waals surface area contributed by atoms with Crippen LogP contribution in [0.25, 0.3) is 27.8 Å². The molecule has 0 bridgehead atoms. The van der Waals surface area contributed by atoms with Crippen LogP contribution in [0.3, 0.4) is 0 Å². The first-order valence-electron chi connectivity index (χ1n) is 21.0. The second-order valence-electron chi connectivity index (χ2n) is 16.7. The number of aromatic nitrogens is 3. The van der Waals surface area contributed by atoms with Gasteiger partial charge in [-0.3, -0.25) is 19.1 Å². The molecule has 15 nitrogen and oxygen atoms in total. The minimum absolute atomic E-state index is 0.00806. The lowest BCUT2D eigenvalue weighted by atomic mass is 10.0. The van der Waals surface area contributed by atoms with Crippen LogP contribution in [0.15, 0.2) is 66.7 Å². The van der Waals surface area contributed by atoms with Crippen molar-refractivity contribution < 1.29 is 41.5 Å². The molecular weight excluding hydrogens is 794 g/mol. The lowest BCUT2D eigenvalue weighted by molar-refractivity contribution is -0.141. The van der Waals surface area contributed by atoms with E-state index in [2.05, 4.69) is 15.4 Å². The second-order valence-corrected chi connectivity index (χ2v) is 18.7. The summed E-state index contributed by atoms with van der Waals surface area (Å²) in [5.74, 6) is -2.56. The Morgan fingerprint density at radius 3 is 2.48 bits per heavy atom. The molecule has 3 N–H and O–H groups in total. The lowest BCUT2D eigenvalue weighted by Gasteiger charge is -2.30. The average molecular weight is 842 g/mol. The zero-order valence-electron chi connectivity index (χ0n) is 33.1. The number of halogens is 1. The molecule has 2 aromatic heterocycles. The van der Waals surface area contributed by atoms with Gasteiger partial charge in [0.2, 0.25) is 27.7 Å². The van der Waals surface area contributed by atoms with Crippen LogP contribution in [0, 0.1) is 11.7 Å². The number of sulfonamides is 1. The first-order chi connectivity index (χ1) is 29.0. The molecule has 4 amide bonds. The fourth-order valence-corrected chi connectivity index (χ4v) is 10.2. The highest BCUT2D eigenvalue weighted by atomic mass is 32.2. The summed E-state index contributed by atoms with van der Waals surface area (Å²) in [7, 11) is -3.92. The van der Waals surface area contributed by atoms with Gasteiger partial charge in [0, 0.05) is 29.4 Å². The summed E-state index contributed by atoms with van der Waals surface area (Å²) in [6.45, 7) is -0.0676. The number of carbonyl (C=O) groups excluding carboxylic acids is 4. The molecule has 17 heteroatoms. The molecule has 2 aromatic carbocycles. The number of nitrogens with one attached hydrogen (secondary N) is 3. The van der Waals surface area contributed by atoms with Crippen LogP contribution < -0.4 is 20.1 Å². The molecule has 4 fully saturated rings. The zero-order valence-corrected chi connectivity index (χ0v) is 33.9. The molecule has 5 aliphatic rings. The van der Waals surface area contributed by atoms with E-state index in [4.69, 9.17) is 19.6 Å². The van der Waals surface area contributed by atoms with Crippen molar-refractivity contribution in [1.29, 1.82) is 0 Å². The van der Waals surface area contributed by atoms with Crippen LogP contribution >= 0.6 is 0 Å². The van der Waals surface area contributed by atoms with Gasteiger partial charge in [-0.05, 0) is 101 Å². The second kappa shape index (κ2) is 16.1. The summed E-state index contributed by atoms with van der Waals surface area (Å²) < 4.78 is 56.0. The van der Waals surface area contributed by atoms with Gasteiger partial charge in [0.1, 0.15) is 35.6 Å². The first kappa shape index (κ1) is 39.9. The van der Waals surface area contributed by atoms with Crippen LogP contribution in [-0.2, 0) is 29.1 Å². The average Bonchev–Trinajstić information content (AvgIpc) is 4.04. The van der Waals surface area contributed by atoms with Crippen LogP contribution in [0.5, 0.6) is 5.88 Å². The summed E-state index contributed by atoms with van der Waals surface area (Å²) in [6, 6.07) is 12.8. The van der Waals surface area contributed by atoms with Gasteiger partial charge in [-0.2, -0.15) is 9.61 Å². The number of benzene rings is 2. The zero-order chi connectivity index (χ0) is 41.6. The standard InChI is InChI=1S/C43H48FN7O8S/c44-28-18-16-26(17-19-28)35-23-37(51-38(45-35)32-13-8-9-14-33(32)48-51)58-30-22-36-39(52)47-43(41(54)49-60(56,57)31-20-21-31)24-27(43)10-4-2-1-3-5-15-34(40(53)50(36)25-30)46-42(55)59-29-11-6-7-12-29/h4,8-10,13-14,16-19,23,27,29-31,34,36H,1-3,5-7,11-12,15,20-22,24-25H2,(H,46,55)(H,47,52)(H,49,54)/t27-,30-,34+,36+,43-/m1/s1. The monoisotopic (exact) mass is 841 g/mol. The fraction of sp³-hybridized carbons (Fsp3) is 0.488. The highest BCUT2D eigenvalue weighted by molar-refractivity contribution is 7.91. The molecule has 4 aromatic rings. The Kier molecular flexibility index (Phi) is 10.7. The van der Waals surface area contributed by atoms with Crippen molar-refractivity contribution in [2.45, 2.75) is 119 Å². The number of amides is 4. The summed E-state index contributed by atoms with van der Waals surface area (Å²) >= 11 is 0. The van der Waals surface area contributed by atoms with Crippen molar-refractivity contribution in [2.24, 2.45) is 5.92 Å². The van der Waals surface area contributed by atoms with Crippen molar-refractivity contribution >= 4 is 50.4 Å². The van der Waals surface area contributed by atoms with Gasteiger partial charge in [-0.25, -0.2) is 22.6 Å². The molecule has 1 saturated heterocycles. The number of allylic oxidation sites excluding steroid dienone is 1. The Bertz CT molecular complexity index is 2470. The number of hydrogen-bond acceptors (Lipinski definition) is 10. The van der Waals surface area contributed by atoms with E-state index >= 15 is 0 Å². The number of carbonyl (C=O) groups is 4. The molecule has 3 aliphatic carbocycles. The predicted molar refractivity (Wildman–Crippen MR) is 217 cm³/mol. The molecule has 60 heavy (non-hydrogen) atoms. The minimum atomic E-state index is -3.92.